The van der Waals surface area contributed by atoms with E-state index in [2.05, 4.69) is 0 Å². The Morgan fingerprint density at radius 3 is 2.32 bits per heavy atom. The van der Waals surface area contributed by atoms with Crippen LogP contribution in [0.3, 0.4) is 0 Å². The van der Waals surface area contributed by atoms with Gasteiger partial charge in [0.25, 0.3) is 0 Å². The van der Waals surface area contributed by atoms with E-state index in [0.29, 0.717) is 5.56 Å². The van der Waals surface area contributed by atoms with Crippen molar-refractivity contribution < 1.29 is 18.3 Å². The number of hydrogen-bond donors (Lipinski definition) is 1. The zero-order valence-corrected chi connectivity index (χ0v) is 10.3. The van der Waals surface area contributed by atoms with Crippen molar-refractivity contribution in [3.8, 4) is 0 Å². The van der Waals surface area contributed by atoms with Crippen LogP contribution in [-0.4, -0.2) is 5.11 Å². The second-order valence-electron chi connectivity index (χ2n) is 4.46. The van der Waals surface area contributed by atoms with Gasteiger partial charge < -0.3 is 5.11 Å². The van der Waals surface area contributed by atoms with Crippen LogP contribution in [-0.2, 0) is 6.42 Å². The molecule has 1 unspecified atom stereocenters. The van der Waals surface area contributed by atoms with E-state index in [9.17, 15) is 18.3 Å². The van der Waals surface area contributed by atoms with Crippen molar-refractivity contribution in [1.29, 1.82) is 0 Å². The summed E-state index contributed by atoms with van der Waals surface area (Å²) in [5.74, 6) is -1.91. The van der Waals surface area contributed by atoms with E-state index in [4.69, 9.17) is 0 Å². The molecule has 1 nitrogen and oxygen atoms in total. The van der Waals surface area contributed by atoms with Crippen molar-refractivity contribution in [3.05, 3.63) is 70.5 Å². The van der Waals surface area contributed by atoms with Crippen molar-refractivity contribution in [1.82, 2.24) is 0 Å². The molecule has 2 rings (SSSR count). The number of benzene rings is 2. The molecule has 1 N–H and O–H groups in total. The fourth-order valence-electron chi connectivity index (χ4n) is 1.95. The molecule has 19 heavy (non-hydrogen) atoms. The van der Waals surface area contributed by atoms with Gasteiger partial charge in [-0.25, -0.2) is 13.2 Å². The normalized spacial score (nSPS) is 12.5. The summed E-state index contributed by atoms with van der Waals surface area (Å²) >= 11 is 0. The maximum Gasteiger partial charge on any atom is 0.131 e. The van der Waals surface area contributed by atoms with E-state index >= 15 is 0 Å². The van der Waals surface area contributed by atoms with E-state index in [1.807, 2.05) is 0 Å². The van der Waals surface area contributed by atoms with Gasteiger partial charge in [0.2, 0.25) is 0 Å². The molecule has 0 spiro atoms. The highest BCUT2D eigenvalue weighted by atomic mass is 19.1. The van der Waals surface area contributed by atoms with Crippen LogP contribution in [0.2, 0.25) is 0 Å². The molecule has 0 amide bonds. The molecule has 0 radical (unpaired) electrons. The number of halogens is 3. The first-order valence-corrected chi connectivity index (χ1v) is 5.85. The molecule has 2 aromatic rings. The van der Waals surface area contributed by atoms with Crippen LogP contribution >= 0.6 is 0 Å². The van der Waals surface area contributed by atoms with E-state index in [-0.39, 0.29) is 12.0 Å². The lowest BCUT2D eigenvalue weighted by molar-refractivity contribution is 0.173. The van der Waals surface area contributed by atoms with Gasteiger partial charge in [-0.3, -0.25) is 0 Å². The van der Waals surface area contributed by atoms with Gasteiger partial charge in [0, 0.05) is 18.1 Å². The van der Waals surface area contributed by atoms with E-state index in [1.165, 1.54) is 18.2 Å². The maximum absolute atomic E-state index is 13.5. The average molecular weight is 266 g/mol. The average Bonchev–Trinajstić information content (AvgIpc) is 2.33. The van der Waals surface area contributed by atoms with Crippen LogP contribution < -0.4 is 0 Å². The van der Waals surface area contributed by atoms with Gasteiger partial charge in [-0.2, -0.15) is 0 Å². The molecule has 0 saturated heterocycles. The first kappa shape index (κ1) is 13.6. The van der Waals surface area contributed by atoms with Gasteiger partial charge in [0.05, 0.1) is 6.10 Å². The van der Waals surface area contributed by atoms with Gasteiger partial charge in [-0.1, -0.05) is 12.1 Å². The summed E-state index contributed by atoms with van der Waals surface area (Å²) in [6.45, 7) is 1.78. The summed E-state index contributed by atoms with van der Waals surface area (Å²) in [7, 11) is 0. The number of aliphatic hydroxyl groups excluding tert-OH is 1. The largest absolute Gasteiger partial charge is 0.388 e. The molecule has 0 bridgehead atoms. The smallest absolute Gasteiger partial charge is 0.131 e. The zero-order valence-electron chi connectivity index (χ0n) is 10.3. The fourth-order valence-corrected chi connectivity index (χ4v) is 1.95. The lowest BCUT2D eigenvalue weighted by atomic mass is 9.98. The number of rotatable bonds is 3. The third kappa shape index (κ3) is 3.15. The molecule has 1 atom stereocenters. The minimum atomic E-state index is -1.14. The summed E-state index contributed by atoms with van der Waals surface area (Å²) < 4.78 is 39.4. The molecule has 0 fully saturated rings. The van der Waals surface area contributed by atoms with Crippen LogP contribution in [0.25, 0.3) is 0 Å². The first-order chi connectivity index (χ1) is 8.97. The minimum absolute atomic E-state index is 0.00469. The molecule has 0 heterocycles. The Kier molecular flexibility index (Phi) is 3.90. The van der Waals surface area contributed by atoms with Crippen molar-refractivity contribution >= 4 is 0 Å². The van der Waals surface area contributed by atoms with Gasteiger partial charge in [0.1, 0.15) is 17.5 Å². The Morgan fingerprint density at radius 1 is 1.00 bits per heavy atom. The minimum Gasteiger partial charge on any atom is -0.388 e. The second-order valence-corrected chi connectivity index (χ2v) is 4.46. The number of aryl methyl sites for hydroxylation is 1. The van der Waals surface area contributed by atoms with Gasteiger partial charge >= 0.3 is 0 Å². The quantitative estimate of drug-likeness (QED) is 0.898. The third-order valence-corrected chi connectivity index (χ3v) is 3.05. The van der Waals surface area contributed by atoms with E-state index in [1.54, 1.807) is 13.0 Å². The molecular weight excluding hydrogens is 253 g/mol. The Bertz CT molecular complexity index is 596. The topological polar surface area (TPSA) is 20.2 Å². The van der Waals surface area contributed by atoms with E-state index < -0.39 is 23.6 Å². The molecule has 0 aliphatic rings. The lowest BCUT2D eigenvalue weighted by Gasteiger charge is -2.14. The SMILES string of the molecule is Cc1ccc(F)cc1CC(O)c1ccc(F)cc1F. The second kappa shape index (κ2) is 5.45. The summed E-state index contributed by atoms with van der Waals surface area (Å²) in [5.41, 5.74) is 1.41. The Hall–Kier alpha value is -1.81. The summed E-state index contributed by atoms with van der Waals surface area (Å²) in [4.78, 5) is 0. The molecule has 100 valence electrons. The van der Waals surface area contributed by atoms with Crippen molar-refractivity contribution in [2.45, 2.75) is 19.4 Å². The van der Waals surface area contributed by atoms with Gasteiger partial charge in [-0.05, 0) is 36.2 Å². The van der Waals surface area contributed by atoms with Crippen LogP contribution in [0.15, 0.2) is 36.4 Å². The standard InChI is InChI=1S/C15H13F3O/c1-9-2-3-11(16)6-10(9)7-15(19)13-5-4-12(17)8-14(13)18/h2-6,8,15,19H,7H2,1H3. The van der Waals surface area contributed by atoms with Crippen LogP contribution in [0.5, 0.6) is 0 Å². The molecule has 0 aromatic heterocycles. The molecule has 0 aliphatic heterocycles. The van der Waals surface area contributed by atoms with Crippen molar-refractivity contribution in [3.63, 3.8) is 0 Å². The highest BCUT2D eigenvalue weighted by molar-refractivity contribution is 5.29. The zero-order chi connectivity index (χ0) is 14.0. The molecule has 0 aliphatic carbocycles. The number of aliphatic hydroxyl groups is 1. The Morgan fingerprint density at radius 2 is 1.63 bits per heavy atom. The van der Waals surface area contributed by atoms with Gasteiger partial charge in [0.15, 0.2) is 0 Å². The summed E-state index contributed by atoms with van der Waals surface area (Å²) in [6, 6.07) is 7.23. The van der Waals surface area contributed by atoms with Crippen molar-refractivity contribution in [2.24, 2.45) is 0 Å². The van der Waals surface area contributed by atoms with Crippen LogP contribution in [0, 0.1) is 24.4 Å². The van der Waals surface area contributed by atoms with Gasteiger partial charge in [-0.15, -0.1) is 0 Å². The highest BCUT2D eigenvalue weighted by Crippen LogP contribution is 2.23. The Labute approximate surface area is 109 Å². The predicted octanol–water partition coefficient (Wildman–Crippen LogP) is 3.69. The highest BCUT2D eigenvalue weighted by Gasteiger charge is 2.15. The van der Waals surface area contributed by atoms with Crippen LogP contribution in [0.4, 0.5) is 13.2 Å². The molecule has 0 saturated carbocycles. The Balaban J connectivity index is 2.25. The predicted molar refractivity (Wildman–Crippen MR) is 66.2 cm³/mol. The lowest BCUT2D eigenvalue weighted by Crippen LogP contribution is -2.06. The van der Waals surface area contributed by atoms with E-state index in [0.717, 1.165) is 17.7 Å². The first-order valence-electron chi connectivity index (χ1n) is 5.85. The fraction of sp³-hybridized carbons (Fsp3) is 0.200. The molecule has 4 heteroatoms. The molecular formula is C15H13F3O. The van der Waals surface area contributed by atoms with Crippen molar-refractivity contribution in [2.75, 3.05) is 0 Å². The number of hydrogen-bond acceptors (Lipinski definition) is 1. The third-order valence-electron chi connectivity index (χ3n) is 3.05. The van der Waals surface area contributed by atoms with Crippen LogP contribution in [0.1, 0.15) is 22.8 Å². The summed E-state index contributed by atoms with van der Waals surface area (Å²) in [5, 5.41) is 9.98. The monoisotopic (exact) mass is 266 g/mol. The molecule has 2 aromatic carbocycles. The summed E-state index contributed by atoms with van der Waals surface area (Å²) in [6.07, 6.45) is -1.06. The maximum atomic E-state index is 13.5.